The average molecular weight is 298 g/mol. The highest BCUT2D eigenvalue weighted by Crippen LogP contribution is 2.40. The Morgan fingerprint density at radius 1 is 1.09 bits per heavy atom. The van der Waals surface area contributed by atoms with Crippen LogP contribution in [0.15, 0.2) is 30.3 Å². The normalized spacial score (nSPS) is 24.5. The molecular weight excluding hydrogens is 268 g/mol. The van der Waals surface area contributed by atoms with Gasteiger partial charge in [-0.1, -0.05) is 30.3 Å². The molecule has 1 saturated heterocycles. The van der Waals surface area contributed by atoms with E-state index >= 15 is 0 Å². The van der Waals surface area contributed by atoms with Crippen LogP contribution < -0.4 is 0 Å². The lowest BCUT2D eigenvalue weighted by molar-refractivity contribution is 0.121. The fourth-order valence-electron chi connectivity index (χ4n) is 3.99. The van der Waals surface area contributed by atoms with Gasteiger partial charge in [-0.2, -0.15) is 0 Å². The predicted octanol–water partition coefficient (Wildman–Crippen LogP) is 4.34. The van der Waals surface area contributed by atoms with Crippen molar-refractivity contribution in [1.29, 1.82) is 0 Å². The fourth-order valence-corrected chi connectivity index (χ4v) is 3.99. The lowest BCUT2D eigenvalue weighted by atomic mass is 9.89. The molecule has 0 aliphatic carbocycles. The monoisotopic (exact) mass is 298 g/mol. The Hall–Kier alpha value is -1.12. The van der Waals surface area contributed by atoms with E-state index in [-0.39, 0.29) is 5.54 Å². The molecule has 22 heavy (non-hydrogen) atoms. The Kier molecular flexibility index (Phi) is 4.42. The van der Waals surface area contributed by atoms with Gasteiger partial charge < -0.3 is 4.90 Å². The van der Waals surface area contributed by atoms with Crippen LogP contribution in [0.3, 0.4) is 0 Å². The minimum atomic E-state index is 0.245. The fraction of sp³-hybridized carbons (Fsp3) is 0.600. The summed E-state index contributed by atoms with van der Waals surface area (Å²) in [6.45, 7) is 10.5. The zero-order chi connectivity index (χ0) is 15.7. The minimum absolute atomic E-state index is 0.245. The summed E-state index contributed by atoms with van der Waals surface area (Å²) in [6, 6.07) is 9.70. The number of likely N-dealkylation sites (N-methyl/N-ethyl adjacent to an activating group) is 1. The highest BCUT2D eigenvalue weighted by Gasteiger charge is 2.35. The van der Waals surface area contributed by atoms with E-state index in [0.29, 0.717) is 6.04 Å². The molecule has 1 aromatic carbocycles. The lowest BCUT2D eigenvalue weighted by Gasteiger charge is -2.38. The molecule has 2 heterocycles. The predicted molar refractivity (Wildman–Crippen MR) is 95.0 cm³/mol. The zero-order valence-corrected chi connectivity index (χ0v) is 14.6. The van der Waals surface area contributed by atoms with Crippen molar-refractivity contribution < 1.29 is 0 Å². The Morgan fingerprint density at radius 2 is 1.86 bits per heavy atom. The van der Waals surface area contributed by atoms with Gasteiger partial charge in [0.25, 0.3) is 0 Å². The molecule has 0 saturated carbocycles. The summed E-state index contributed by atoms with van der Waals surface area (Å²) in [5.41, 5.74) is 4.84. The standard InChI is InChI=1S/C20H30N2/c1-20(2,3)22-13-7-10-19(22)18-9-6-5-8-17(18)16-11-14-21(4)15-12-16/h5-6,8-9,11,19H,7,10,12-15H2,1-4H3/t19-/m0/s1. The van der Waals surface area contributed by atoms with Gasteiger partial charge in [-0.3, -0.25) is 4.90 Å². The van der Waals surface area contributed by atoms with Crippen molar-refractivity contribution in [2.75, 3.05) is 26.7 Å². The lowest BCUT2D eigenvalue weighted by Crippen LogP contribution is -2.40. The number of hydrogen-bond acceptors (Lipinski definition) is 2. The van der Waals surface area contributed by atoms with Gasteiger partial charge in [0.05, 0.1) is 0 Å². The Balaban J connectivity index is 1.95. The van der Waals surface area contributed by atoms with Gasteiger partial charge in [0, 0.05) is 24.7 Å². The molecule has 0 unspecified atom stereocenters. The first-order chi connectivity index (χ1) is 10.5. The topological polar surface area (TPSA) is 6.48 Å². The molecule has 3 rings (SSSR count). The van der Waals surface area contributed by atoms with Gasteiger partial charge in [0.15, 0.2) is 0 Å². The smallest absolute Gasteiger partial charge is 0.0359 e. The second-order valence-corrected chi connectivity index (χ2v) is 7.85. The number of rotatable bonds is 2. The third-order valence-electron chi connectivity index (χ3n) is 5.19. The van der Waals surface area contributed by atoms with E-state index in [1.807, 2.05) is 0 Å². The maximum absolute atomic E-state index is 2.70. The van der Waals surface area contributed by atoms with Crippen molar-refractivity contribution in [3.63, 3.8) is 0 Å². The molecule has 0 bridgehead atoms. The van der Waals surface area contributed by atoms with Gasteiger partial charge in [-0.15, -0.1) is 0 Å². The quantitative estimate of drug-likeness (QED) is 0.801. The third-order valence-corrected chi connectivity index (χ3v) is 5.19. The first kappa shape index (κ1) is 15.8. The summed E-state index contributed by atoms with van der Waals surface area (Å²) in [5.74, 6) is 0. The zero-order valence-electron chi connectivity index (χ0n) is 14.6. The molecule has 0 amide bonds. The van der Waals surface area contributed by atoms with E-state index in [0.717, 1.165) is 6.54 Å². The molecule has 1 aromatic rings. The van der Waals surface area contributed by atoms with Gasteiger partial charge in [-0.05, 0) is 70.3 Å². The van der Waals surface area contributed by atoms with Crippen molar-refractivity contribution in [2.45, 2.75) is 51.6 Å². The minimum Gasteiger partial charge on any atom is -0.302 e. The van der Waals surface area contributed by atoms with Crippen LogP contribution >= 0.6 is 0 Å². The van der Waals surface area contributed by atoms with Gasteiger partial charge in [-0.25, -0.2) is 0 Å². The number of likely N-dealkylation sites (tertiary alicyclic amines) is 1. The van der Waals surface area contributed by atoms with Gasteiger partial charge in [0.1, 0.15) is 0 Å². The molecule has 0 spiro atoms. The molecule has 2 aliphatic heterocycles. The second kappa shape index (κ2) is 6.17. The largest absolute Gasteiger partial charge is 0.302 e. The van der Waals surface area contributed by atoms with Gasteiger partial charge >= 0.3 is 0 Å². The van der Waals surface area contributed by atoms with Crippen LogP contribution in [-0.2, 0) is 0 Å². The van der Waals surface area contributed by atoms with Crippen molar-refractivity contribution in [3.05, 3.63) is 41.5 Å². The van der Waals surface area contributed by atoms with Crippen LogP contribution in [0, 0.1) is 0 Å². The maximum atomic E-state index is 2.70. The summed E-state index contributed by atoms with van der Waals surface area (Å²) in [4.78, 5) is 5.09. The van der Waals surface area contributed by atoms with Crippen LogP contribution in [0.2, 0.25) is 0 Å². The van der Waals surface area contributed by atoms with Crippen molar-refractivity contribution in [1.82, 2.24) is 9.80 Å². The highest BCUT2D eigenvalue weighted by molar-refractivity contribution is 5.69. The molecule has 1 atom stereocenters. The molecule has 2 aliphatic rings. The summed E-state index contributed by atoms with van der Waals surface area (Å²) in [5, 5.41) is 0. The molecule has 120 valence electrons. The van der Waals surface area contributed by atoms with E-state index in [2.05, 4.69) is 68.0 Å². The van der Waals surface area contributed by atoms with Crippen LogP contribution in [-0.4, -0.2) is 42.0 Å². The maximum Gasteiger partial charge on any atom is 0.0359 e. The first-order valence-electron chi connectivity index (χ1n) is 8.70. The van der Waals surface area contributed by atoms with Crippen LogP contribution in [0.1, 0.15) is 57.2 Å². The highest BCUT2D eigenvalue weighted by atomic mass is 15.2. The third kappa shape index (κ3) is 3.13. The molecule has 2 heteroatoms. The summed E-state index contributed by atoms with van der Waals surface area (Å²) >= 11 is 0. The number of benzene rings is 1. The van der Waals surface area contributed by atoms with E-state index in [4.69, 9.17) is 0 Å². The molecule has 0 N–H and O–H groups in total. The van der Waals surface area contributed by atoms with E-state index in [9.17, 15) is 0 Å². The first-order valence-corrected chi connectivity index (χ1v) is 8.70. The van der Waals surface area contributed by atoms with Crippen LogP contribution in [0.25, 0.3) is 5.57 Å². The van der Waals surface area contributed by atoms with Crippen LogP contribution in [0.4, 0.5) is 0 Å². The Labute approximate surface area is 135 Å². The van der Waals surface area contributed by atoms with Crippen molar-refractivity contribution >= 4 is 5.57 Å². The SMILES string of the molecule is CN1CC=C(c2ccccc2[C@@H]2CCCN2C(C)(C)C)CC1. The number of nitrogens with zero attached hydrogens (tertiary/aromatic N) is 2. The van der Waals surface area contributed by atoms with E-state index in [1.54, 1.807) is 11.1 Å². The molecule has 2 nitrogen and oxygen atoms in total. The Bertz CT molecular complexity index is 553. The molecule has 1 fully saturated rings. The van der Waals surface area contributed by atoms with Gasteiger partial charge in [0.2, 0.25) is 0 Å². The summed E-state index contributed by atoms with van der Waals surface area (Å²) < 4.78 is 0. The molecular formula is C20H30N2. The number of hydrogen-bond donors (Lipinski definition) is 0. The second-order valence-electron chi connectivity index (χ2n) is 7.85. The van der Waals surface area contributed by atoms with Crippen LogP contribution in [0.5, 0.6) is 0 Å². The van der Waals surface area contributed by atoms with Crippen molar-refractivity contribution in [3.8, 4) is 0 Å². The molecule has 0 aromatic heterocycles. The average Bonchev–Trinajstić information content (AvgIpc) is 2.97. The Morgan fingerprint density at radius 3 is 2.55 bits per heavy atom. The van der Waals surface area contributed by atoms with E-state index in [1.165, 1.54) is 37.9 Å². The van der Waals surface area contributed by atoms with E-state index < -0.39 is 0 Å². The summed E-state index contributed by atoms with van der Waals surface area (Å²) in [6.07, 6.45) is 6.22. The van der Waals surface area contributed by atoms with Crippen molar-refractivity contribution in [2.24, 2.45) is 0 Å². The summed E-state index contributed by atoms with van der Waals surface area (Å²) in [7, 11) is 2.21. The molecule has 0 radical (unpaired) electrons.